The molecule has 2 aliphatic rings. The molecule has 1 saturated heterocycles. The summed E-state index contributed by atoms with van der Waals surface area (Å²) in [6.45, 7) is 4.48. The molecule has 2 N–H and O–H groups in total. The van der Waals surface area contributed by atoms with Crippen LogP contribution in [0.15, 0.2) is 0 Å². The number of carbonyl (C=O) groups is 2. The summed E-state index contributed by atoms with van der Waals surface area (Å²) >= 11 is 0. The van der Waals surface area contributed by atoms with E-state index in [0.717, 1.165) is 19.5 Å². The third kappa shape index (κ3) is 4.12. The number of rotatable bonds is 5. The van der Waals surface area contributed by atoms with Crippen LogP contribution in [-0.4, -0.2) is 41.6 Å². The monoisotopic (exact) mass is 282 g/mol. The van der Waals surface area contributed by atoms with Gasteiger partial charge in [0.15, 0.2) is 0 Å². The van der Waals surface area contributed by atoms with Gasteiger partial charge in [0.2, 0.25) is 0 Å². The van der Waals surface area contributed by atoms with E-state index in [4.69, 9.17) is 5.11 Å². The Morgan fingerprint density at radius 2 is 2.05 bits per heavy atom. The Balaban J connectivity index is 1.70. The number of hydrogen-bond donors (Lipinski definition) is 2. The quantitative estimate of drug-likeness (QED) is 0.814. The minimum absolute atomic E-state index is 0.0240. The fourth-order valence-corrected chi connectivity index (χ4v) is 3.39. The van der Waals surface area contributed by atoms with E-state index in [-0.39, 0.29) is 17.9 Å². The standard InChI is InChI=1S/C15H26N2O3/c1-15(7-2-3-8-15)11-16-14(20)17-9-6-12(10-17)4-5-13(18)19/h12H,2-11H2,1H3,(H,16,20)(H,18,19). The minimum Gasteiger partial charge on any atom is -0.481 e. The number of carboxylic acids is 1. The van der Waals surface area contributed by atoms with Crippen molar-refractivity contribution in [3.05, 3.63) is 0 Å². The number of nitrogens with zero attached hydrogens (tertiary/aromatic N) is 1. The first-order chi connectivity index (χ1) is 9.48. The van der Waals surface area contributed by atoms with E-state index in [1.807, 2.05) is 4.90 Å². The van der Waals surface area contributed by atoms with E-state index in [1.165, 1.54) is 25.7 Å². The van der Waals surface area contributed by atoms with Crippen molar-refractivity contribution < 1.29 is 14.7 Å². The van der Waals surface area contributed by atoms with Crippen LogP contribution in [0.1, 0.15) is 51.9 Å². The first-order valence-electron chi connectivity index (χ1n) is 7.73. The van der Waals surface area contributed by atoms with Crippen molar-refractivity contribution in [2.75, 3.05) is 19.6 Å². The zero-order valence-corrected chi connectivity index (χ0v) is 12.4. The predicted octanol–water partition coefficient (Wildman–Crippen LogP) is 2.46. The second kappa shape index (κ2) is 6.46. The number of hydrogen-bond acceptors (Lipinski definition) is 2. The third-order valence-corrected chi connectivity index (χ3v) is 4.82. The lowest BCUT2D eigenvalue weighted by Gasteiger charge is -2.26. The molecule has 2 rings (SSSR count). The molecule has 1 atom stereocenters. The Labute approximate surface area is 120 Å². The molecule has 1 heterocycles. The summed E-state index contributed by atoms with van der Waals surface area (Å²) in [5.74, 6) is -0.402. The van der Waals surface area contributed by atoms with E-state index in [2.05, 4.69) is 12.2 Å². The molecule has 0 aromatic rings. The summed E-state index contributed by atoms with van der Waals surface area (Å²) < 4.78 is 0. The molecule has 1 saturated carbocycles. The second-order valence-corrected chi connectivity index (χ2v) is 6.71. The molecule has 0 radical (unpaired) electrons. The summed E-state index contributed by atoms with van der Waals surface area (Å²) in [6, 6.07) is 0.0240. The molecule has 0 aromatic heterocycles. The van der Waals surface area contributed by atoms with Gasteiger partial charge in [-0.05, 0) is 37.0 Å². The van der Waals surface area contributed by atoms with Crippen molar-refractivity contribution in [2.45, 2.75) is 51.9 Å². The zero-order chi connectivity index (χ0) is 14.6. The van der Waals surface area contributed by atoms with Crippen LogP contribution in [0.5, 0.6) is 0 Å². The third-order valence-electron chi connectivity index (χ3n) is 4.82. The average molecular weight is 282 g/mol. The summed E-state index contributed by atoms with van der Waals surface area (Å²) in [5.41, 5.74) is 0.276. The first kappa shape index (κ1) is 15.1. The van der Waals surface area contributed by atoms with Gasteiger partial charge in [-0.3, -0.25) is 4.79 Å². The number of carboxylic acid groups (broad SMARTS) is 1. The molecule has 1 unspecified atom stereocenters. The smallest absolute Gasteiger partial charge is 0.317 e. The lowest BCUT2D eigenvalue weighted by atomic mass is 9.89. The van der Waals surface area contributed by atoms with Gasteiger partial charge in [-0.2, -0.15) is 0 Å². The highest BCUT2D eigenvalue weighted by Crippen LogP contribution is 2.36. The minimum atomic E-state index is -0.748. The van der Waals surface area contributed by atoms with E-state index in [9.17, 15) is 9.59 Å². The van der Waals surface area contributed by atoms with Crippen LogP contribution in [0.3, 0.4) is 0 Å². The van der Waals surface area contributed by atoms with Gasteiger partial charge in [0, 0.05) is 26.1 Å². The van der Waals surface area contributed by atoms with E-state index in [1.54, 1.807) is 0 Å². The Morgan fingerprint density at radius 3 is 2.70 bits per heavy atom. The molecule has 1 aliphatic carbocycles. The van der Waals surface area contributed by atoms with E-state index >= 15 is 0 Å². The van der Waals surface area contributed by atoms with Crippen molar-refractivity contribution in [3.63, 3.8) is 0 Å². The maximum absolute atomic E-state index is 12.1. The summed E-state index contributed by atoms with van der Waals surface area (Å²) in [6.07, 6.45) is 6.76. The second-order valence-electron chi connectivity index (χ2n) is 6.71. The van der Waals surface area contributed by atoms with Gasteiger partial charge in [0.25, 0.3) is 0 Å². The molecule has 0 aromatic carbocycles. The summed E-state index contributed by atoms with van der Waals surface area (Å²) in [5, 5.41) is 11.8. The van der Waals surface area contributed by atoms with Crippen LogP contribution in [0.25, 0.3) is 0 Å². The van der Waals surface area contributed by atoms with Crippen molar-refractivity contribution in [3.8, 4) is 0 Å². The van der Waals surface area contributed by atoms with Gasteiger partial charge in [-0.1, -0.05) is 19.8 Å². The largest absolute Gasteiger partial charge is 0.481 e. The van der Waals surface area contributed by atoms with Crippen molar-refractivity contribution >= 4 is 12.0 Å². The molecular weight excluding hydrogens is 256 g/mol. The number of amides is 2. The topological polar surface area (TPSA) is 69.6 Å². The highest BCUT2D eigenvalue weighted by molar-refractivity contribution is 5.74. The molecule has 1 aliphatic heterocycles. The van der Waals surface area contributed by atoms with Crippen molar-refractivity contribution in [1.82, 2.24) is 10.2 Å². The Morgan fingerprint density at radius 1 is 1.35 bits per heavy atom. The first-order valence-corrected chi connectivity index (χ1v) is 7.73. The Kier molecular flexibility index (Phi) is 4.89. The molecule has 0 bridgehead atoms. The molecule has 0 spiro atoms. The number of carbonyl (C=O) groups excluding carboxylic acids is 1. The fraction of sp³-hybridized carbons (Fsp3) is 0.867. The number of urea groups is 1. The van der Waals surface area contributed by atoms with Crippen LogP contribution in [0.2, 0.25) is 0 Å². The van der Waals surface area contributed by atoms with Gasteiger partial charge >= 0.3 is 12.0 Å². The van der Waals surface area contributed by atoms with Gasteiger partial charge in [0.1, 0.15) is 0 Å². The molecule has 2 amide bonds. The van der Waals surface area contributed by atoms with Crippen molar-refractivity contribution in [1.29, 1.82) is 0 Å². The highest BCUT2D eigenvalue weighted by Gasteiger charge is 2.31. The lowest BCUT2D eigenvalue weighted by Crippen LogP contribution is -2.42. The highest BCUT2D eigenvalue weighted by atomic mass is 16.4. The Bertz CT molecular complexity index is 364. The fourth-order valence-electron chi connectivity index (χ4n) is 3.39. The van der Waals surface area contributed by atoms with Crippen molar-refractivity contribution in [2.24, 2.45) is 11.3 Å². The van der Waals surface area contributed by atoms with Gasteiger partial charge < -0.3 is 15.3 Å². The molecule has 114 valence electrons. The molecule has 5 heteroatoms. The van der Waals surface area contributed by atoms with Gasteiger partial charge in [-0.15, -0.1) is 0 Å². The number of aliphatic carboxylic acids is 1. The van der Waals surface area contributed by atoms with Crippen LogP contribution in [-0.2, 0) is 4.79 Å². The SMILES string of the molecule is CC1(CNC(=O)N2CCC(CCC(=O)O)C2)CCCC1. The molecule has 20 heavy (non-hydrogen) atoms. The van der Waals surface area contributed by atoms with Crippen LogP contribution in [0, 0.1) is 11.3 Å². The number of likely N-dealkylation sites (tertiary alicyclic amines) is 1. The Hall–Kier alpha value is -1.26. The molecule has 5 nitrogen and oxygen atoms in total. The average Bonchev–Trinajstić information content (AvgIpc) is 3.03. The summed E-state index contributed by atoms with van der Waals surface area (Å²) in [4.78, 5) is 24.5. The normalized spacial score (nSPS) is 24.9. The zero-order valence-electron chi connectivity index (χ0n) is 12.4. The van der Waals surface area contributed by atoms with Crippen LogP contribution >= 0.6 is 0 Å². The molecule has 2 fully saturated rings. The maximum atomic E-state index is 12.1. The lowest BCUT2D eigenvalue weighted by molar-refractivity contribution is -0.137. The maximum Gasteiger partial charge on any atom is 0.317 e. The van der Waals surface area contributed by atoms with Crippen LogP contribution in [0.4, 0.5) is 4.79 Å². The summed E-state index contributed by atoms with van der Waals surface area (Å²) in [7, 11) is 0. The predicted molar refractivity (Wildman–Crippen MR) is 76.5 cm³/mol. The van der Waals surface area contributed by atoms with E-state index in [0.29, 0.717) is 18.9 Å². The number of nitrogens with one attached hydrogen (secondary N) is 1. The van der Waals surface area contributed by atoms with Crippen LogP contribution < -0.4 is 5.32 Å². The van der Waals surface area contributed by atoms with Gasteiger partial charge in [-0.25, -0.2) is 4.79 Å². The van der Waals surface area contributed by atoms with Gasteiger partial charge in [0.05, 0.1) is 0 Å². The molecular formula is C15H26N2O3. The van der Waals surface area contributed by atoms with E-state index < -0.39 is 5.97 Å².